The second-order valence-corrected chi connectivity index (χ2v) is 18.6. The summed E-state index contributed by atoms with van der Waals surface area (Å²) in [6.07, 6.45) is 0.841. The molecule has 3 rings (SSSR count). The van der Waals surface area contributed by atoms with E-state index in [1.54, 1.807) is 6.08 Å². The molecule has 3 heterocycles. The van der Waals surface area contributed by atoms with Crippen LogP contribution >= 0.6 is 0 Å². The second-order valence-electron chi connectivity index (χ2n) is 18.6. The molecular weight excluding hydrogens is 879 g/mol. The van der Waals surface area contributed by atoms with Crippen LogP contribution in [0.4, 0.5) is 0 Å². The van der Waals surface area contributed by atoms with Crippen LogP contribution in [0.2, 0.25) is 0 Å². The Morgan fingerprint density at radius 3 is 1.40 bits per heavy atom. The van der Waals surface area contributed by atoms with Crippen LogP contribution in [0.1, 0.15) is 155 Å². The molecule has 1 amide bonds. The summed E-state index contributed by atoms with van der Waals surface area (Å²) in [5, 5.41) is 119. The normalized spacial score (nSPS) is 33.5. The number of ether oxygens (including phenoxy) is 6. The maximum absolute atomic E-state index is 13.2. The zero-order chi connectivity index (χ0) is 49.1. The molecule has 0 aliphatic carbocycles. The number of aliphatic hydroxyl groups is 11. The maximum Gasteiger partial charge on any atom is 0.220 e. The monoisotopic (exact) mass is 968 g/mol. The van der Waals surface area contributed by atoms with Gasteiger partial charge in [0.05, 0.1) is 38.6 Å². The van der Waals surface area contributed by atoms with Crippen LogP contribution in [-0.2, 0) is 33.2 Å². The van der Waals surface area contributed by atoms with Gasteiger partial charge >= 0.3 is 0 Å². The number of nitrogens with one attached hydrogen (secondary N) is 1. The van der Waals surface area contributed by atoms with Gasteiger partial charge in [0.25, 0.3) is 0 Å². The van der Waals surface area contributed by atoms with Crippen LogP contribution in [0.25, 0.3) is 0 Å². The molecule has 19 nitrogen and oxygen atoms in total. The number of unbranched alkanes of at least 4 members (excludes halogenated alkanes) is 19. The van der Waals surface area contributed by atoms with Crippen LogP contribution in [-0.4, -0.2) is 193 Å². The van der Waals surface area contributed by atoms with Gasteiger partial charge in [-0.1, -0.05) is 142 Å². The lowest BCUT2D eigenvalue weighted by atomic mass is 9.96. The fourth-order valence-electron chi connectivity index (χ4n) is 8.78. The first kappa shape index (κ1) is 59.8. The summed E-state index contributed by atoms with van der Waals surface area (Å²) in [4.78, 5) is 13.2. The highest BCUT2D eigenvalue weighted by Gasteiger charge is 2.53. The second kappa shape index (κ2) is 34.0. The molecule has 0 radical (unpaired) electrons. The van der Waals surface area contributed by atoms with E-state index in [1.165, 1.54) is 83.5 Å². The van der Waals surface area contributed by atoms with E-state index in [0.717, 1.165) is 44.9 Å². The Labute approximate surface area is 397 Å². The minimum atomic E-state index is -1.97. The van der Waals surface area contributed by atoms with Crippen molar-refractivity contribution in [1.29, 1.82) is 0 Å². The van der Waals surface area contributed by atoms with Crippen molar-refractivity contribution in [2.75, 3.05) is 26.4 Å². The standard InChI is InChI=1S/C48H89NO18/c1-3-5-7-9-11-13-15-16-17-19-21-23-25-32(53)31(49-36(54)26-24-22-20-18-14-12-10-8-6-4-2)30-62-46-42(60)39(57)44(34(28-51)64-46)67-48-43(61)40(58)45(35(29-52)65-48)66-47-41(59)38(56)37(55)33(27-50)63-47/h23,25,31-35,37-48,50-53,55-61H,3-22,24,26-30H2,1-2H3,(H,49,54)/b25-23+. The van der Waals surface area contributed by atoms with Gasteiger partial charge in [0.2, 0.25) is 5.91 Å². The summed E-state index contributed by atoms with van der Waals surface area (Å²) < 4.78 is 34.1. The first-order chi connectivity index (χ1) is 32.3. The van der Waals surface area contributed by atoms with Gasteiger partial charge in [0.1, 0.15) is 73.2 Å². The number of carbonyl (C=O) groups excluding carboxylic acids is 1. The SMILES string of the molecule is CCCCCCCCCCCC/C=C/C(O)C(COC1OC(CO)C(OC2OC(CO)C(OC3OC(CO)C(O)C(O)C3O)C(O)C2O)C(O)C1O)NC(=O)CCCCCCCCCCCC. The molecule has 3 saturated heterocycles. The Bertz CT molecular complexity index is 1300. The first-order valence-electron chi connectivity index (χ1n) is 25.4. The van der Waals surface area contributed by atoms with E-state index in [4.69, 9.17) is 28.4 Å². The van der Waals surface area contributed by atoms with Gasteiger partial charge in [0, 0.05) is 6.42 Å². The van der Waals surface area contributed by atoms with E-state index in [2.05, 4.69) is 19.2 Å². The molecule has 3 aliphatic rings. The van der Waals surface area contributed by atoms with Crippen LogP contribution in [0, 0.1) is 0 Å². The molecular formula is C48H89NO18. The Kier molecular flexibility index (Phi) is 30.4. The fraction of sp³-hybridized carbons (Fsp3) is 0.938. The van der Waals surface area contributed by atoms with Crippen LogP contribution in [0.5, 0.6) is 0 Å². The average molecular weight is 968 g/mol. The van der Waals surface area contributed by atoms with E-state index in [1.807, 2.05) is 6.08 Å². The Morgan fingerprint density at radius 1 is 0.522 bits per heavy atom. The van der Waals surface area contributed by atoms with E-state index >= 15 is 0 Å². The van der Waals surface area contributed by atoms with Crippen LogP contribution in [0.15, 0.2) is 12.2 Å². The number of aliphatic hydroxyl groups excluding tert-OH is 11. The van der Waals surface area contributed by atoms with Crippen LogP contribution in [0.3, 0.4) is 0 Å². The van der Waals surface area contributed by atoms with Gasteiger partial charge in [-0.15, -0.1) is 0 Å². The lowest BCUT2D eigenvalue weighted by molar-refractivity contribution is -0.379. The minimum absolute atomic E-state index is 0.246. The van der Waals surface area contributed by atoms with Gasteiger partial charge in [-0.2, -0.15) is 0 Å². The van der Waals surface area contributed by atoms with Crippen molar-refractivity contribution in [2.24, 2.45) is 0 Å². The summed E-state index contributed by atoms with van der Waals surface area (Å²) in [5.74, 6) is -0.280. The predicted octanol–water partition coefficient (Wildman–Crippen LogP) is 1.48. The molecule has 0 aromatic carbocycles. The topological polar surface area (TPSA) is 307 Å². The molecule has 0 saturated carbocycles. The first-order valence-corrected chi connectivity index (χ1v) is 25.4. The molecule has 3 fully saturated rings. The summed E-state index contributed by atoms with van der Waals surface area (Å²) >= 11 is 0. The third-order valence-electron chi connectivity index (χ3n) is 13.1. The largest absolute Gasteiger partial charge is 0.394 e. The summed E-state index contributed by atoms with van der Waals surface area (Å²) in [7, 11) is 0. The number of carbonyl (C=O) groups is 1. The maximum atomic E-state index is 13.2. The molecule has 0 aromatic rings. The summed E-state index contributed by atoms with van der Waals surface area (Å²) in [6, 6.07) is -0.963. The molecule has 0 aromatic heterocycles. The van der Waals surface area contributed by atoms with E-state index in [-0.39, 0.29) is 18.9 Å². The minimum Gasteiger partial charge on any atom is -0.394 e. The van der Waals surface area contributed by atoms with Gasteiger partial charge in [-0.05, 0) is 19.3 Å². The third kappa shape index (κ3) is 20.3. The Balaban J connectivity index is 1.58. The zero-order valence-electron chi connectivity index (χ0n) is 40.1. The molecule has 0 spiro atoms. The highest BCUT2D eigenvalue weighted by Crippen LogP contribution is 2.33. The summed E-state index contributed by atoms with van der Waals surface area (Å²) in [5.41, 5.74) is 0. The van der Waals surface area contributed by atoms with E-state index in [9.17, 15) is 61.0 Å². The quantitative estimate of drug-likeness (QED) is 0.0316. The molecule has 3 aliphatic heterocycles. The molecule has 67 heavy (non-hydrogen) atoms. The van der Waals surface area contributed by atoms with Crippen LogP contribution < -0.4 is 5.32 Å². The average Bonchev–Trinajstić information content (AvgIpc) is 3.32. The highest BCUT2D eigenvalue weighted by molar-refractivity contribution is 5.76. The molecule has 19 heteroatoms. The highest BCUT2D eigenvalue weighted by atomic mass is 16.8. The van der Waals surface area contributed by atoms with Gasteiger partial charge in [0.15, 0.2) is 18.9 Å². The predicted molar refractivity (Wildman–Crippen MR) is 245 cm³/mol. The summed E-state index contributed by atoms with van der Waals surface area (Å²) in [6.45, 7) is 1.65. The zero-order valence-corrected chi connectivity index (χ0v) is 40.1. The molecule has 17 unspecified atom stereocenters. The lowest BCUT2D eigenvalue weighted by Gasteiger charge is -2.48. The van der Waals surface area contributed by atoms with E-state index in [0.29, 0.717) is 6.42 Å². The van der Waals surface area contributed by atoms with Crippen molar-refractivity contribution in [3.05, 3.63) is 12.2 Å². The van der Waals surface area contributed by atoms with Crippen molar-refractivity contribution < 1.29 is 89.4 Å². The Morgan fingerprint density at radius 2 is 0.925 bits per heavy atom. The molecule has 17 atom stereocenters. The van der Waals surface area contributed by atoms with Crippen molar-refractivity contribution in [2.45, 2.75) is 259 Å². The number of rotatable bonds is 35. The van der Waals surface area contributed by atoms with Crippen molar-refractivity contribution in [3.63, 3.8) is 0 Å². The molecule has 12 N–H and O–H groups in total. The van der Waals surface area contributed by atoms with Gasteiger partial charge in [-0.25, -0.2) is 0 Å². The van der Waals surface area contributed by atoms with Crippen molar-refractivity contribution in [3.8, 4) is 0 Å². The fourth-order valence-corrected chi connectivity index (χ4v) is 8.78. The number of hydrogen-bond acceptors (Lipinski definition) is 18. The van der Waals surface area contributed by atoms with Gasteiger partial charge in [-0.3, -0.25) is 4.79 Å². The Hall–Kier alpha value is -1.47. The number of amides is 1. The smallest absolute Gasteiger partial charge is 0.220 e. The lowest BCUT2D eigenvalue weighted by Crippen LogP contribution is -2.66. The van der Waals surface area contributed by atoms with Crippen molar-refractivity contribution >= 4 is 5.91 Å². The third-order valence-corrected chi connectivity index (χ3v) is 13.1. The van der Waals surface area contributed by atoms with E-state index < -0.39 is 124 Å². The number of hydrogen-bond donors (Lipinski definition) is 12. The number of allylic oxidation sites excluding steroid dienone is 1. The van der Waals surface area contributed by atoms with Gasteiger partial charge < -0.3 is 89.9 Å². The molecule has 394 valence electrons. The molecule has 0 bridgehead atoms. The van der Waals surface area contributed by atoms with Crippen molar-refractivity contribution in [1.82, 2.24) is 5.32 Å².